The molecule has 0 unspecified atom stereocenters. The number of aromatic amines is 1. The van der Waals surface area contributed by atoms with Crippen LogP contribution in [0.5, 0.6) is 0 Å². The molecular formula is C30H36N4O3S. The fourth-order valence-corrected chi connectivity index (χ4v) is 6.84. The van der Waals surface area contributed by atoms with Gasteiger partial charge < -0.3 is 15.0 Å². The lowest BCUT2D eigenvalue weighted by Gasteiger charge is -2.31. The first-order valence-electron chi connectivity index (χ1n) is 13.3. The number of ether oxygens (including phenoxy) is 1. The van der Waals surface area contributed by atoms with Gasteiger partial charge in [0.25, 0.3) is 0 Å². The number of sulfonamides is 1. The summed E-state index contributed by atoms with van der Waals surface area (Å²) < 4.78 is 32.1. The monoisotopic (exact) mass is 532 g/mol. The molecule has 2 N–H and O–H groups in total. The second kappa shape index (κ2) is 12.2. The van der Waals surface area contributed by atoms with E-state index in [1.807, 2.05) is 24.5 Å². The first kappa shape index (κ1) is 26.6. The molecular weight excluding hydrogens is 496 g/mol. The van der Waals surface area contributed by atoms with Gasteiger partial charge in [-0.2, -0.15) is 0 Å². The van der Waals surface area contributed by atoms with Gasteiger partial charge in [0.05, 0.1) is 5.75 Å². The van der Waals surface area contributed by atoms with Crippen LogP contribution in [0.1, 0.15) is 41.9 Å². The largest absolute Gasteiger partial charge is 0.385 e. The van der Waals surface area contributed by atoms with Crippen molar-refractivity contribution in [3.05, 3.63) is 89.9 Å². The van der Waals surface area contributed by atoms with Gasteiger partial charge in [0.15, 0.2) is 0 Å². The van der Waals surface area contributed by atoms with Crippen molar-refractivity contribution in [1.82, 2.24) is 19.6 Å². The molecule has 7 nitrogen and oxygen atoms in total. The molecule has 0 saturated carbocycles. The average Bonchev–Trinajstić information content (AvgIpc) is 3.37. The van der Waals surface area contributed by atoms with E-state index in [1.54, 1.807) is 11.4 Å². The molecule has 4 aromatic rings. The molecule has 0 aliphatic carbocycles. The molecule has 0 radical (unpaired) electrons. The van der Waals surface area contributed by atoms with Gasteiger partial charge in [-0.3, -0.25) is 4.98 Å². The van der Waals surface area contributed by atoms with Crippen LogP contribution >= 0.6 is 0 Å². The summed E-state index contributed by atoms with van der Waals surface area (Å²) in [5, 5.41) is 4.74. The molecule has 1 fully saturated rings. The number of fused-ring (bicyclic) bond motifs is 1. The van der Waals surface area contributed by atoms with Crippen LogP contribution in [0.15, 0.2) is 73.2 Å². The number of aromatic nitrogens is 2. The van der Waals surface area contributed by atoms with Crippen LogP contribution in [0.3, 0.4) is 0 Å². The molecule has 0 atom stereocenters. The molecule has 200 valence electrons. The number of piperidine rings is 1. The van der Waals surface area contributed by atoms with Crippen molar-refractivity contribution in [3.8, 4) is 11.1 Å². The van der Waals surface area contributed by atoms with Gasteiger partial charge in [-0.05, 0) is 83.3 Å². The fraction of sp³-hybridized carbons (Fsp3) is 0.367. The molecule has 0 spiro atoms. The van der Waals surface area contributed by atoms with Crippen LogP contribution in [0, 0.1) is 0 Å². The maximum atomic E-state index is 12.7. The Labute approximate surface area is 225 Å². The van der Waals surface area contributed by atoms with E-state index < -0.39 is 10.0 Å². The predicted molar refractivity (Wildman–Crippen MR) is 152 cm³/mol. The van der Waals surface area contributed by atoms with Crippen LogP contribution in [-0.2, 0) is 27.8 Å². The van der Waals surface area contributed by atoms with E-state index in [0.717, 1.165) is 31.4 Å². The zero-order valence-electron chi connectivity index (χ0n) is 21.9. The lowest BCUT2D eigenvalue weighted by Crippen LogP contribution is -2.39. The van der Waals surface area contributed by atoms with Gasteiger partial charge in [0.1, 0.15) is 0 Å². The van der Waals surface area contributed by atoms with Crippen molar-refractivity contribution >= 4 is 20.9 Å². The highest BCUT2D eigenvalue weighted by Crippen LogP contribution is 2.36. The molecule has 0 bridgehead atoms. The predicted octanol–water partition coefficient (Wildman–Crippen LogP) is 5.07. The Morgan fingerprint density at radius 3 is 2.55 bits per heavy atom. The zero-order valence-corrected chi connectivity index (χ0v) is 22.7. The van der Waals surface area contributed by atoms with E-state index in [1.165, 1.54) is 33.2 Å². The third-order valence-electron chi connectivity index (χ3n) is 7.42. The molecule has 2 aromatic heterocycles. The number of pyridine rings is 1. The number of hydrogen-bond acceptors (Lipinski definition) is 5. The summed E-state index contributed by atoms with van der Waals surface area (Å²) in [5.74, 6) is 0.494. The van der Waals surface area contributed by atoms with Gasteiger partial charge in [-0.25, -0.2) is 12.7 Å². The molecule has 5 rings (SSSR count). The van der Waals surface area contributed by atoms with Gasteiger partial charge in [0, 0.05) is 69.4 Å². The number of nitrogens with one attached hydrogen (secondary N) is 2. The normalized spacial score (nSPS) is 15.3. The van der Waals surface area contributed by atoms with Crippen LogP contribution in [-0.4, -0.2) is 55.3 Å². The Morgan fingerprint density at radius 1 is 1.00 bits per heavy atom. The molecule has 0 amide bonds. The second-order valence-electron chi connectivity index (χ2n) is 10.00. The zero-order chi connectivity index (χ0) is 26.4. The Balaban J connectivity index is 1.26. The van der Waals surface area contributed by atoms with Crippen molar-refractivity contribution in [1.29, 1.82) is 0 Å². The molecule has 2 aromatic carbocycles. The number of rotatable bonds is 11. The van der Waals surface area contributed by atoms with Crippen LogP contribution in [0.25, 0.3) is 22.0 Å². The third-order valence-corrected chi connectivity index (χ3v) is 9.38. The molecule has 38 heavy (non-hydrogen) atoms. The summed E-state index contributed by atoms with van der Waals surface area (Å²) in [6.07, 6.45) is 7.95. The van der Waals surface area contributed by atoms with Crippen molar-refractivity contribution < 1.29 is 13.2 Å². The summed E-state index contributed by atoms with van der Waals surface area (Å²) in [6, 6.07) is 19.3. The van der Waals surface area contributed by atoms with E-state index in [9.17, 15) is 8.42 Å². The number of hydrogen-bond donors (Lipinski definition) is 2. The van der Waals surface area contributed by atoms with E-state index in [-0.39, 0.29) is 5.75 Å². The maximum Gasteiger partial charge on any atom is 0.214 e. The summed E-state index contributed by atoms with van der Waals surface area (Å²) in [7, 11) is -1.62. The second-order valence-corrected chi connectivity index (χ2v) is 12.1. The molecule has 1 saturated heterocycles. The van der Waals surface area contributed by atoms with E-state index in [0.29, 0.717) is 32.0 Å². The van der Waals surface area contributed by atoms with Crippen molar-refractivity contribution in [2.45, 2.75) is 38.3 Å². The maximum absolute atomic E-state index is 12.7. The van der Waals surface area contributed by atoms with Crippen molar-refractivity contribution in [2.75, 3.05) is 32.6 Å². The molecule has 1 aliphatic heterocycles. The number of methoxy groups -OCH3 is 1. The highest BCUT2D eigenvalue weighted by molar-refractivity contribution is 7.89. The average molecular weight is 533 g/mol. The lowest BCUT2D eigenvalue weighted by atomic mass is 9.89. The summed E-state index contributed by atoms with van der Waals surface area (Å²) in [4.78, 5) is 7.51. The van der Waals surface area contributed by atoms with Gasteiger partial charge >= 0.3 is 0 Å². The Hall–Kier alpha value is -3.04. The summed E-state index contributed by atoms with van der Waals surface area (Å²) in [5.41, 5.74) is 7.25. The topological polar surface area (TPSA) is 87.3 Å². The third kappa shape index (κ3) is 6.32. The van der Waals surface area contributed by atoms with Gasteiger partial charge in [-0.15, -0.1) is 0 Å². The molecule has 8 heteroatoms. The number of H-pyrrole nitrogens is 1. The fourth-order valence-electron chi connectivity index (χ4n) is 5.33. The van der Waals surface area contributed by atoms with Crippen LogP contribution in [0.2, 0.25) is 0 Å². The van der Waals surface area contributed by atoms with Crippen molar-refractivity contribution in [2.24, 2.45) is 0 Å². The highest BCUT2D eigenvalue weighted by atomic mass is 32.2. The Morgan fingerprint density at radius 2 is 1.76 bits per heavy atom. The summed E-state index contributed by atoms with van der Waals surface area (Å²) >= 11 is 0. The number of nitrogens with zero attached hydrogens (tertiary/aromatic N) is 2. The van der Waals surface area contributed by atoms with E-state index in [2.05, 4.69) is 63.9 Å². The van der Waals surface area contributed by atoms with Gasteiger partial charge in [0.2, 0.25) is 10.0 Å². The quantitative estimate of drug-likeness (QED) is 0.264. The minimum absolute atomic E-state index is 0.153. The Bertz CT molecular complexity index is 1440. The minimum Gasteiger partial charge on any atom is -0.385 e. The first-order chi connectivity index (χ1) is 18.5. The van der Waals surface area contributed by atoms with Gasteiger partial charge in [-0.1, -0.05) is 24.3 Å². The Kier molecular flexibility index (Phi) is 8.54. The lowest BCUT2D eigenvalue weighted by molar-refractivity contribution is 0.199. The summed E-state index contributed by atoms with van der Waals surface area (Å²) in [6.45, 7) is 3.21. The first-order valence-corrected chi connectivity index (χ1v) is 14.9. The SMILES string of the molecule is COCCCS(=O)(=O)N1CCC(c2c[nH]c3ccc(-c4cccc(CNCc5ccncc5)c4)cc23)CC1. The van der Waals surface area contributed by atoms with E-state index >= 15 is 0 Å². The van der Waals surface area contributed by atoms with Crippen LogP contribution in [0.4, 0.5) is 0 Å². The van der Waals surface area contributed by atoms with E-state index in [4.69, 9.17) is 4.74 Å². The smallest absolute Gasteiger partial charge is 0.214 e. The standard InChI is InChI=1S/C30H36N4O3S/c1-37-16-3-17-38(35,36)34-14-10-25(11-15-34)29-22-33-30-7-6-27(19-28(29)30)26-5-2-4-24(18-26)21-32-20-23-8-12-31-13-9-23/h2,4-9,12-13,18-19,22,25,32-33H,3,10-11,14-17,20-21H2,1H3. The minimum atomic E-state index is -3.22. The number of benzene rings is 2. The molecule has 1 aliphatic rings. The highest BCUT2D eigenvalue weighted by Gasteiger charge is 2.29. The molecule has 3 heterocycles. The van der Waals surface area contributed by atoms with Crippen molar-refractivity contribution in [3.63, 3.8) is 0 Å². The van der Waals surface area contributed by atoms with Crippen LogP contribution < -0.4 is 5.32 Å².